The monoisotopic (exact) mass is 542 g/mol. The molecule has 1 unspecified atom stereocenters. The van der Waals surface area contributed by atoms with Crippen molar-refractivity contribution >= 4 is 34.4 Å². The summed E-state index contributed by atoms with van der Waals surface area (Å²) in [6.07, 6.45) is 2.91. The lowest BCUT2D eigenvalue weighted by atomic mass is 9.94. The maximum Gasteiger partial charge on any atom is 0.242 e. The van der Waals surface area contributed by atoms with Crippen molar-refractivity contribution in [2.75, 3.05) is 25.6 Å². The van der Waals surface area contributed by atoms with Gasteiger partial charge in [0.25, 0.3) is 0 Å². The highest BCUT2D eigenvalue weighted by Crippen LogP contribution is 2.23. The highest BCUT2D eigenvalue weighted by Gasteiger charge is 2.35. The number of amides is 2. The summed E-state index contributed by atoms with van der Waals surface area (Å²) in [5.41, 5.74) is 0.329. The van der Waals surface area contributed by atoms with Gasteiger partial charge in [0.2, 0.25) is 11.8 Å². The standard InChI is InChI=1S/C29H32ClFN2O5/c1-29(2,19-30)28(36)33(16-23-6-5-13-37-23)17-26(34)32(14-20-9-11-22(31)12-10-20)15-21-18-38-25-8-4-3-7-24(25)27(21)35/h3-4,7-12,18,23H,5-6,13-17,19H2,1-2H3. The molecule has 1 aromatic heterocycles. The van der Waals surface area contributed by atoms with E-state index >= 15 is 0 Å². The Kier molecular flexibility index (Phi) is 8.84. The maximum atomic E-state index is 13.7. The van der Waals surface area contributed by atoms with Crippen LogP contribution in [-0.2, 0) is 27.4 Å². The van der Waals surface area contributed by atoms with Gasteiger partial charge >= 0.3 is 0 Å². The maximum absolute atomic E-state index is 13.7. The third-order valence-corrected chi connectivity index (χ3v) is 7.39. The second kappa shape index (κ2) is 12.1. The van der Waals surface area contributed by atoms with E-state index in [4.69, 9.17) is 20.8 Å². The van der Waals surface area contributed by atoms with E-state index in [2.05, 4.69) is 0 Å². The van der Waals surface area contributed by atoms with E-state index in [-0.39, 0.29) is 55.4 Å². The first-order valence-electron chi connectivity index (χ1n) is 12.7. The van der Waals surface area contributed by atoms with E-state index in [0.29, 0.717) is 28.7 Å². The minimum absolute atomic E-state index is 0.0375. The average molecular weight is 543 g/mol. The lowest BCUT2D eigenvalue weighted by Crippen LogP contribution is -2.50. The Morgan fingerprint density at radius 3 is 2.50 bits per heavy atom. The molecule has 1 aliphatic heterocycles. The summed E-state index contributed by atoms with van der Waals surface area (Å²) in [7, 11) is 0. The molecular weight excluding hydrogens is 511 g/mol. The van der Waals surface area contributed by atoms with Crippen LogP contribution in [0.3, 0.4) is 0 Å². The molecule has 4 rings (SSSR count). The van der Waals surface area contributed by atoms with Crippen molar-refractivity contribution in [3.63, 3.8) is 0 Å². The molecule has 2 aromatic carbocycles. The predicted octanol–water partition coefficient (Wildman–Crippen LogP) is 4.73. The molecule has 0 spiro atoms. The molecule has 1 saturated heterocycles. The van der Waals surface area contributed by atoms with E-state index in [1.807, 2.05) is 0 Å². The van der Waals surface area contributed by atoms with Gasteiger partial charge in [0.05, 0.1) is 41.8 Å². The van der Waals surface area contributed by atoms with Crippen LogP contribution in [0.25, 0.3) is 11.0 Å². The summed E-state index contributed by atoms with van der Waals surface area (Å²) in [6.45, 7) is 4.24. The molecule has 1 aliphatic rings. The number of benzene rings is 2. The molecule has 0 aliphatic carbocycles. The molecule has 202 valence electrons. The van der Waals surface area contributed by atoms with Gasteiger partial charge in [-0.3, -0.25) is 14.4 Å². The Bertz CT molecular complexity index is 1330. The second-order valence-corrected chi connectivity index (χ2v) is 10.6. The van der Waals surface area contributed by atoms with Crippen molar-refractivity contribution in [1.29, 1.82) is 0 Å². The van der Waals surface area contributed by atoms with Crippen LogP contribution in [0.2, 0.25) is 0 Å². The summed E-state index contributed by atoms with van der Waals surface area (Å²) in [6, 6.07) is 12.7. The Balaban J connectivity index is 1.63. The number of rotatable bonds is 10. The minimum atomic E-state index is -0.873. The number of carbonyl (C=O) groups excluding carboxylic acids is 2. The van der Waals surface area contributed by atoms with Crippen LogP contribution in [0.1, 0.15) is 37.8 Å². The van der Waals surface area contributed by atoms with Crippen LogP contribution in [0, 0.1) is 11.2 Å². The van der Waals surface area contributed by atoms with Crippen molar-refractivity contribution in [2.24, 2.45) is 5.41 Å². The van der Waals surface area contributed by atoms with Crippen molar-refractivity contribution in [3.05, 3.63) is 82.0 Å². The molecule has 3 aromatic rings. The first-order valence-corrected chi connectivity index (χ1v) is 13.2. The van der Waals surface area contributed by atoms with Gasteiger partial charge in [-0.1, -0.05) is 24.3 Å². The number of ether oxygens (including phenoxy) is 1. The summed E-state index contributed by atoms with van der Waals surface area (Å²) >= 11 is 6.09. The van der Waals surface area contributed by atoms with Crippen molar-refractivity contribution in [2.45, 2.75) is 45.9 Å². The van der Waals surface area contributed by atoms with Crippen LogP contribution in [-0.4, -0.2) is 53.3 Å². The summed E-state index contributed by atoms with van der Waals surface area (Å²) in [5, 5.41) is 0.415. The van der Waals surface area contributed by atoms with Gasteiger partial charge in [0.15, 0.2) is 5.43 Å². The number of alkyl halides is 1. The highest BCUT2D eigenvalue weighted by atomic mass is 35.5. The molecular formula is C29H32ClFN2O5. The largest absolute Gasteiger partial charge is 0.464 e. The second-order valence-electron chi connectivity index (χ2n) is 10.3. The number of nitrogens with zero attached hydrogens (tertiary/aromatic N) is 2. The topological polar surface area (TPSA) is 80.1 Å². The molecule has 9 heteroatoms. The number of hydrogen-bond donors (Lipinski definition) is 0. The first-order chi connectivity index (χ1) is 18.2. The molecule has 1 atom stereocenters. The van der Waals surface area contributed by atoms with Gasteiger partial charge < -0.3 is 19.0 Å². The quantitative estimate of drug-likeness (QED) is 0.346. The zero-order valence-electron chi connectivity index (χ0n) is 21.6. The number of carbonyl (C=O) groups is 2. The van der Waals surface area contributed by atoms with Crippen molar-refractivity contribution < 1.29 is 23.1 Å². The molecule has 0 saturated carbocycles. The van der Waals surface area contributed by atoms with Gasteiger partial charge in [0.1, 0.15) is 11.4 Å². The molecule has 1 fully saturated rings. The normalized spacial score (nSPS) is 15.5. The van der Waals surface area contributed by atoms with Crippen LogP contribution in [0.4, 0.5) is 4.39 Å². The van der Waals surface area contributed by atoms with Crippen LogP contribution >= 0.6 is 11.6 Å². The van der Waals surface area contributed by atoms with Crippen LogP contribution in [0.15, 0.2) is 64.0 Å². The fourth-order valence-corrected chi connectivity index (χ4v) is 4.59. The third kappa shape index (κ3) is 6.60. The van der Waals surface area contributed by atoms with Gasteiger partial charge in [-0.05, 0) is 56.5 Å². The predicted molar refractivity (Wildman–Crippen MR) is 143 cm³/mol. The SMILES string of the molecule is CC(C)(CCl)C(=O)N(CC(=O)N(Cc1ccc(F)cc1)Cc1coc2ccccc2c1=O)CC1CCCO1. The molecule has 38 heavy (non-hydrogen) atoms. The molecule has 0 bridgehead atoms. The fourth-order valence-electron chi connectivity index (χ4n) is 4.48. The molecule has 2 amide bonds. The van der Waals surface area contributed by atoms with Crippen molar-refractivity contribution in [3.8, 4) is 0 Å². The Morgan fingerprint density at radius 1 is 1.08 bits per heavy atom. The van der Waals surface area contributed by atoms with Crippen LogP contribution < -0.4 is 5.43 Å². The van der Waals surface area contributed by atoms with Gasteiger partial charge in [-0.15, -0.1) is 11.6 Å². The number of halogens is 2. The van der Waals surface area contributed by atoms with E-state index in [1.165, 1.54) is 28.2 Å². The Labute approximate surface area is 226 Å². The van der Waals surface area contributed by atoms with E-state index in [1.54, 1.807) is 50.2 Å². The number of hydrogen-bond acceptors (Lipinski definition) is 5. The average Bonchev–Trinajstić information content (AvgIpc) is 3.43. The van der Waals surface area contributed by atoms with E-state index < -0.39 is 11.2 Å². The summed E-state index contributed by atoms with van der Waals surface area (Å²) in [4.78, 5) is 43.3. The Hall–Kier alpha value is -3.23. The van der Waals surface area contributed by atoms with Gasteiger partial charge in [-0.25, -0.2) is 4.39 Å². The molecule has 2 heterocycles. The minimum Gasteiger partial charge on any atom is -0.464 e. The lowest BCUT2D eigenvalue weighted by Gasteiger charge is -2.33. The molecule has 0 N–H and O–H groups in total. The van der Waals surface area contributed by atoms with Crippen LogP contribution in [0.5, 0.6) is 0 Å². The number of para-hydroxylation sites is 1. The molecule has 0 radical (unpaired) electrons. The molecule has 7 nitrogen and oxygen atoms in total. The van der Waals surface area contributed by atoms with Crippen molar-refractivity contribution in [1.82, 2.24) is 9.80 Å². The highest BCUT2D eigenvalue weighted by molar-refractivity contribution is 6.19. The number of fused-ring (bicyclic) bond motifs is 1. The zero-order valence-corrected chi connectivity index (χ0v) is 22.4. The fraction of sp³-hybridized carbons (Fsp3) is 0.414. The van der Waals surface area contributed by atoms with E-state index in [9.17, 15) is 18.8 Å². The summed E-state index contributed by atoms with van der Waals surface area (Å²) in [5.74, 6) is -0.903. The van der Waals surface area contributed by atoms with Gasteiger partial charge in [-0.2, -0.15) is 0 Å². The third-order valence-electron chi connectivity index (χ3n) is 6.73. The smallest absolute Gasteiger partial charge is 0.242 e. The summed E-state index contributed by atoms with van der Waals surface area (Å²) < 4.78 is 24.9. The van der Waals surface area contributed by atoms with Gasteiger partial charge in [0, 0.05) is 25.6 Å². The lowest BCUT2D eigenvalue weighted by molar-refractivity contribution is -0.147. The Morgan fingerprint density at radius 2 is 1.82 bits per heavy atom. The first kappa shape index (κ1) is 27.8. The zero-order chi connectivity index (χ0) is 27.3. The van der Waals surface area contributed by atoms with E-state index in [0.717, 1.165) is 12.8 Å².